The van der Waals surface area contributed by atoms with Crippen molar-refractivity contribution in [2.45, 2.75) is 0 Å². The van der Waals surface area contributed by atoms with E-state index < -0.39 is 0 Å². The van der Waals surface area contributed by atoms with Crippen LogP contribution in [-0.4, -0.2) is 64.1 Å². The van der Waals surface area contributed by atoms with Crippen LogP contribution in [0.2, 0.25) is 0 Å². The van der Waals surface area contributed by atoms with Crippen LogP contribution in [0.1, 0.15) is 10.6 Å². The van der Waals surface area contributed by atoms with E-state index in [-0.39, 0.29) is 5.91 Å². The molecule has 0 bridgehead atoms. The van der Waals surface area contributed by atoms with E-state index in [1.807, 2.05) is 13.1 Å². The van der Waals surface area contributed by atoms with Crippen molar-refractivity contribution in [3.63, 3.8) is 0 Å². The number of amides is 1. The molecule has 2 heterocycles. The summed E-state index contributed by atoms with van der Waals surface area (Å²) in [5, 5.41) is 9.06. The Balaban J connectivity index is 1.88. The second-order valence-electron chi connectivity index (χ2n) is 4.99. The molecule has 1 aliphatic rings. The zero-order chi connectivity index (χ0) is 14.1. The molecule has 1 aromatic carbocycles. The molecule has 1 saturated heterocycles. The molecule has 106 valence electrons. The third-order valence-electron chi connectivity index (χ3n) is 3.63. The molecule has 0 atom stereocenters. The number of hydrogen-bond acceptors (Lipinski definition) is 5. The van der Waals surface area contributed by atoms with Gasteiger partial charge in [-0.05, 0) is 19.2 Å². The van der Waals surface area contributed by atoms with Gasteiger partial charge in [0.1, 0.15) is 5.52 Å². The third-order valence-corrected chi connectivity index (χ3v) is 3.63. The molecule has 0 radical (unpaired) electrons. The summed E-state index contributed by atoms with van der Waals surface area (Å²) in [5.74, 6) is 0.213. The van der Waals surface area contributed by atoms with E-state index in [9.17, 15) is 4.79 Å². The summed E-state index contributed by atoms with van der Waals surface area (Å²) in [6, 6.07) is 5.31. The van der Waals surface area contributed by atoms with Gasteiger partial charge in [-0.2, -0.15) is 0 Å². The number of aromatic amines is 1. The number of H-pyrrole nitrogens is 1. The predicted molar refractivity (Wildman–Crippen MR) is 74.9 cm³/mol. The lowest BCUT2D eigenvalue weighted by molar-refractivity contribution is 0.0653. The highest BCUT2D eigenvalue weighted by atomic mass is 16.5. The van der Waals surface area contributed by atoms with Gasteiger partial charge in [0, 0.05) is 26.2 Å². The SMILES string of the molecule is CN1CCN(C(=O)c2nc3c(NO)cccc3[nH]2)CC1. The summed E-state index contributed by atoms with van der Waals surface area (Å²) in [6.45, 7) is 3.15. The maximum atomic E-state index is 12.4. The standard InChI is InChI=1S/C13H17N5O2/c1-17-5-7-18(8-6-17)13(19)12-14-9-3-2-4-10(16-20)11(9)15-12/h2-4,16,20H,5-8H2,1H3,(H,14,15). The molecule has 0 spiro atoms. The van der Waals surface area contributed by atoms with E-state index in [0.29, 0.717) is 30.1 Å². The summed E-state index contributed by atoms with van der Waals surface area (Å²) >= 11 is 0. The maximum Gasteiger partial charge on any atom is 0.289 e. The molecule has 20 heavy (non-hydrogen) atoms. The van der Waals surface area contributed by atoms with Crippen molar-refractivity contribution in [2.24, 2.45) is 0 Å². The topological polar surface area (TPSA) is 84.5 Å². The van der Waals surface area contributed by atoms with Gasteiger partial charge in [-0.3, -0.25) is 15.5 Å². The van der Waals surface area contributed by atoms with Crippen molar-refractivity contribution < 1.29 is 10.0 Å². The average Bonchev–Trinajstić information content (AvgIpc) is 2.91. The number of anilines is 1. The van der Waals surface area contributed by atoms with Crippen LogP contribution < -0.4 is 5.48 Å². The Labute approximate surface area is 116 Å². The van der Waals surface area contributed by atoms with E-state index in [1.54, 1.807) is 17.0 Å². The first-order valence-electron chi connectivity index (χ1n) is 6.55. The van der Waals surface area contributed by atoms with E-state index in [2.05, 4.69) is 20.3 Å². The van der Waals surface area contributed by atoms with Gasteiger partial charge >= 0.3 is 0 Å². The fraction of sp³-hybridized carbons (Fsp3) is 0.385. The lowest BCUT2D eigenvalue weighted by atomic mass is 10.3. The summed E-state index contributed by atoms with van der Waals surface area (Å²) in [7, 11) is 2.04. The number of carbonyl (C=O) groups is 1. The van der Waals surface area contributed by atoms with Crippen LogP contribution >= 0.6 is 0 Å². The quantitative estimate of drug-likeness (QED) is 0.704. The first-order valence-corrected chi connectivity index (χ1v) is 6.55. The molecule has 2 aromatic rings. The monoisotopic (exact) mass is 275 g/mol. The Morgan fingerprint density at radius 3 is 2.80 bits per heavy atom. The summed E-state index contributed by atoms with van der Waals surface area (Å²) in [6.07, 6.45) is 0. The minimum absolute atomic E-state index is 0.0989. The molecular formula is C13H17N5O2. The van der Waals surface area contributed by atoms with Gasteiger partial charge < -0.3 is 14.8 Å². The number of benzene rings is 1. The van der Waals surface area contributed by atoms with Crippen molar-refractivity contribution in [1.29, 1.82) is 0 Å². The molecule has 1 aliphatic heterocycles. The zero-order valence-corrected chi connectivity index (χ0v) is 11.3. The molecule has 0 saturated carbocycles. The van der Waals surface area contributed by atoms with Crippen LogP contribution in [0, 0.1) is 0 Å². The Morgan fingerprint density at radius 1 is 1.35 bits per heavy atom. The van der Waals surface area contributed by atoms with E-state index >= 15 is 0 Å². The van der Waals surface area contributed by atoms with Gasteiger partial charge in [-0.25, -0.2) is 4.98 Å². The molecule has 1 fully saturated rings. The number of fused-ring (bicyclic) bond motifs is 1. The Hall–Kier alpha value is -2.12. The van der Waals surface area contributed by atoms with Crippen LogP contribution in [0.25, 0.3) is 11.0 Å². The van der Waals surface area contributed by atoms with Crippen molar-refractivity contribution >= 4 is 22.6 Å². The van der Waals surface area contributed by atoms with E-state index in [1.165, 1.54) is 0 Å². The normalized spacial score (nSPS) is 16.6. The average molecular weight is 275 g/mol. The number of nitrogens with zero attached hydrogens (tertiary/aromatic N) is 3. The summed E-state index contributed by atoms with van der Waals surface area (Å²) < 4.78 is 0. The van der Waals surface area contributed by atoms with Gasteiger partial charge in [0.2, 0.25) is 0 Å². The zero-order valence-electron chi connectivity index (χ0n) is 11.3. The lowest BCUT2D eigenvalue weighted by Crippen LogP contribution is -2.47. The number of hydrogen-bond donors (Lipinski definition) is 3. The highest BCUT2D eigenvalue weighted by Gasteiger charge is 2.23. The molecule has 0 unspecified atom stereocenters. The maximum absolute atomic E-state index is 12.4. The molecule has 7 heteroatoms. The highest BCUT2D eigenvalue weighted by molar-refractivity contribution is 5.97. The highest BCUT2D eigenvalue weighted by Crippen LogP contribution is 2.21. The predicted octanol–water partition coefficient (Wildman–Crippen LogP) is 0.752. The molecule has 7 nitrogen and oxygen atoms in total. The number of likely N-dealkylation sites (N-methyl/N-ethyl adjacent to an activating group) is 1. The lowest BCUT2D eigenvalue weighted by Gasteiger charge is -2.31. The fourth-order valence-corrected chi connectivity index (χ4v) is 2.38. The van der Waals surface area contributed by atoms with Crippen molar-refractivity contribution in [2.75, 3.05) is 38.7 Å². The minimum atomic E-state index is -0.0989. The fourth-order valence-electron chi connectivity index (χ4n) is 2.38. The minimum Gasteiger partial charge on any atom is -0.334 e. The van der Waals surface area contributed by atoms with Gasteiger partial charge in [0.05, 0.1) is 11.2 Å². The van der Waals surface area contributed by atoms with E-state index in [0.717, 1.165) is 18.6 Å². The Bertz CT molecular complexity index is 631. The van der Waals surface area contributed by atoms with Crippen LogP contribution in [-0.2, 0) is 0 Å². The number of para-hydroxylation sites is 1. The van der Waals surface area contributed by atoms with Crippen LogP contribution in [0.3, 0.4) is 0 Å². The Morgan fingerprint density at radius 2 is 2.10 bits per heavy atom. The van der Waals surface area contributed by atoms with Crippen molar-refractivity contribution in [3.05, 3.63) is 24.0 Å². The molecule has 0 aliphatic carbocycles. The number of piperazine rings is 1. The van der Waals surface area contributed by atoms with Crippen LogP contribution in [0.5, 0.6) is 0 Å². The molecule has 3 rings (SSSR count). The first-order chi connectivity index (χ1) is 9.69. The van der Waals surface area contributed by atoms with Gasteiger partial charge in [0.25, 0.3) is 5.91 Å². The third kappa shape index (κ3) is 2.21. The number of imidazole rings is 1. The smallest absolute Gasteiger partial charge is 0.289 e. The van der Waals surface area contributed by atoms with Crippen molar-refractivity contribution in [3.8, 4) is 0 Å². The second-order valence-corrected chi connectivity index (χ2v) is 4.99. The van der Waals surface area contributed by atoms with Gasteiger partial charge in [-0.15, -0.1) is 0 Å². The van der Waals surface area contributed by atoms with Gasteiger partial charge in [-0.1, -0.05) is 6.07 Å². The second kappa shape index (κ2) is 5.10. The summed E-state index contributed by atoms with van der Waals surface area (Å²) in [4.78, 5) is 23.7. The number of nitrogens with one attached hydrogen (secondary N) is 2. The molecular weight excluding hydrogens is 258 g/mol. The van der Waals surface area contributed by atoms with Crippen LogP contribution in [0.15, 0.2) is 18.2 Å². The molecule has 1 aromatic heterocycles. The molecule has 1 amide bonds. The van der Waals surface area contributed by atoms with Crippen molar-refractivity contribution in [1.82, 2.24) is 19.8 Å². The van der Waals surface area contributed by atoms with Gasteiger partial charge in [0.15, 0.2) is 5.82 Å². The van der Waals surface area contributed by atoms with Crippen LogP contribution in [0.4, 0.5) is 5.69 Å². The number of carbonyl (C=O) groups excluding carboxylic acids is 1. The largest absolute Gasteiger partial charge is 0.334 e. The first kappa shape index (κ1) is 12.9. The number of rotatable bonds is 2. The Kier molecular flexibility index (Phi) is 3.29. The molecule has 3 N–H and O–H groups in total. The van der Waals surface area contributed by atoms with E-state index in [4.69, 9.17) is 5.21 Å². The number of aromatic nitrogens is 2. The summed E-state index contributed by atoms with van der Waals surface area (Å²) in [5.41, 5.74) is 3.86.